The maximum Gasteiger partial charge on any atom is 0.258 e. The molecule has 0 aromatic carbocycles. The van der Waals surface area contributed by atoms with Crippen molar-refractivity contribution >= 4 is 0 Å². The summed E-state index contributed by atoms with van der Waals surface area (Å²) in [6.07, 6.45) is 3.51. The van der Waals surface area contributed by atoms with Crippen molar-refractivity contribution in [2.45, 2.75) is 45.3 Å². The van der Waals surface area contributed by atoms with Crippen LogP contribution in [0.1, 0.15) is 42.4 Å². The summed E-state index contributed by atoms with van der Waals surface area (Å²) in [7, 11) is 0. The number of aryl methyl sites for hydroxylation is 1. The Hall–Kier alpha value is -1.16. The van der Waals surface area contributed by atoms with Gasteiger partial charge < -0.3 is 5.32 Å². The highest BCUT2D eigenvalue weighted by molar-refractivity contribution is 5.23. The van der Waals surface area contributed by atoms with Gasteiger partial charge in [-0.05, 0) is 26.2 Å². The van der Waals surface area contributed by atoms with Gasteiger partial charge in [0, 0.05) is 19.1 Å². The fraction of sp³-hybridized carbons (Fsp3) is 0.636. The molecule has 4 nitrogen and oxygen atoms in total. The van der Waals surface area contributed by atoms with Crippen LogP contribution in [0.3, 0.4) is 0 Å². The lowest BCUT2D eigenvalue weighted by atomic mass is 9.92. The first-order valence-corrected chi connectivity index (χ1v) is 5.59. The van der Waals surface area contributed by atoms with Crippen molar-refractivity contribution in [3.63, 3.8) is 0 Å². The normalized spacial score (nSPS) is 20.1. The Labute approximate surface area is 88.3 Å². The van der Waals surface area contributed by atoms with Crippen LogP contribution in [0.5, 0.6) is 0 Å². The molecule has 0 saturated heterocycles. The summed E-state index contributed by atoms with van der Waals surface area (Å²) in [6, 6.07) is 0.413. The molecule has 2 aliphatic rings. The Morgan fingerprint density at radius 1 is 1.40 bits per heavy atom. The molecule has 0 atom stereocenters. The topological polar surface area (TPSA) is 46.9 Å². The quantitative estimate of drug-likeness (QED) is 0.740. The highest BCUT2D eigenvalue weighted by Gasteiger charge is 2.26. The smallest absolute Gasteiger partial charge is 0.258 e. The van der Waals surface area contributed by atoms with E-state index in [1.807, 2.05) is 11.5 Å². The predicted octanol–water partition coefficient (Wildman–Crippen LogP) is 0.880. The number of fused-ring (bicyclic) bond motifs is 1. The van der Waals surface area contributed by atoms with E-state index >= 15 is 0 Å². The molecular weight excluding hydrogens is 190 g/mol. The van der Waals surface area contributed by atoms with Gasteiger partial charge in [-0.25, -0.2) is 4.98 Å². The fourth-order valence-corrected chi connectivity index (χ4v) is 2.44. The van der Waals surface area contributed by atoms with Crippen LogP contribution in [0.25, 0.3) is 0 Å². The lowest BCUT2D eigenvalue weighted by molar-refractivity contribution is 0.297. The molecular formula is C11H15N3O. The van der Waals surface area contributed by atoms with Crippen LogP contribution in [-0.2, 0) is 13.1 Å². The first-order chi connectivity index (χ1) is 7.27. The van der Waals surface area contributed by atoms with Crippen LogP contribution in [0, 0.1) is 6.92 Å². The van der Waals surface area contributed by atoms with Gasteiger partial charge in [-0.15, -0.1) is 0 Å². The second-order valence-electron chi connectivity index (χ2n) is 4.45. The molecule has 1 aliphatic heterocycles. The number of aromatic nitrogens is 2. The minimum absolute atomic E-state index is 0.187. The average Bonchev–Trinajstić information content (AvgIpc) is 2.56. The summed E-state index contributed by atoms with van der Waals surface area (Å²) in [5, 5.41) is 3.18. The Kier molecular flexibility index (Phi) is 1.92. The zero-order valence-electron chi connectivity index (χ0n) is 8.92. The van der Waals surface area contributed by atoms with E-state index in [1.54, 1.807) is 0 Å². The van der Waals surface area contributed by atoms with Gasteiger partial charge in [-0.1, -0.05) is 0 Å². The van der Waals surface area contributed by atoms with Crippen LogP contribution in [-0.4, -0.2) is 9.55 Å². The Morgan fingerprint density at radius 2 is 2.20 bits per heavy atom. The molecule has 3 rings (SSSR count). The Bertz CT molecular complexity index is 460. The zero-order valence-corrected chi connectivity index (χ0v) is 8.92. The first-order valence-electron chi connectivity index (χ1n) is 5.59. The third-order valence-electron chi connectivity index (χ3n) is 3.50. The molecule has 1 fully saturated rings. The van der Waals surface area contributed by atoms with E-state index in [0.717, 1.165) is 36.5 Å². The van der Waals surface area contributed by atoms with Gasteiger partial charge >= 0.3 is 0 Å². The van der Waals surface area contributed by atoms with E-state index in [4.69, 9.17) is 0 Å². The lowest BCUT2D eigenvalue weighted by Crippen LogP contribution is -2.33. The molecule has 1 aliphatic carbocycles. The third-order valence-corrected chi connectivity index (χ3v) is 3.50. The van der Waals surface area contributed by atoms with E-state index in [1.165, 1.54) is 6.42 Å². The first kappa shape index (κ1) is 9.09. The second-order valence-corrected chi connectivity index (χ2v) is 4.45. The molecule has 2 heterocycles. The van der Waals surface area contributed by atoms with Gasteiger partial charge in [0.1, 0.15) is 5.82 Å². The van der Waals surface area contributed by atoms with Gasteiger partial charge in [0.15, 0.2) is 0 Å². The molecule has 80 valence electrons. The number of nitrogens with one attached hydrogen (secondary N) is 1. The van der Waals surface area contributed by atoms with Crippen molar-refractivity contribution in [1.29, 1.82) is 0 Å². The molecule has 0 spiro atoms. The minimum Gasteiger partial charge on any atom is -0.307 e. The Balaban J connectivity index is 2.17. The van der Waals surface area contributed by atoms with Crippen molar-refractivity contribution in [2.24, 2.45) is 0 Å². The van der Waals surface area contributed by atoms with Crippen LogP contribution < -0.4 is 10.9 Å². The molecule has 15 heavy (non-hydrogen) atoms. The highest BCUT2D eigenvalue weighted by Crippen LogP contribution is 2.31. The Morgan fingerprint density at radius 3 is 2.87 bits per heavy atom. The molecule has 1 aromatic rings. The molecule has 0 radical (unpaired) electrons. The van der Waals surface area contributed by atoms with Gasteiger partial charge in [0.25, 0.3) is 5.56 Å². The molecule has 0 amide bonds. The highest BCUT2D eigenvalue weighted by atomic mass is 16.1. The average molecular weight is 205 g/mol. The summed E-state index contributed by atoms with van der Waals surface area (Å²) < 4.78 is 1.90. The van der Waals surface area contributed by atoms with E-state index in [2.05, 4.69) is 10.3 Å². The summed E-state index contributed by atoms with van der Waals surface area (Å²) in [5.41, 5.74) is 2.02. The fourth-order valence-electron chi connectivity index (χ4n) is 2.44. The number of hydrogen-bond acceptors (Lipinski definition) is 3. The molecule has 0 bridgehead atoms. The predicted molar refractivity (Wildman–Crippen MR) is 56.7 cm³/mol. The van der Waals surface area contributed by atoms with Gasteiger partial charge in [0.2, 0.25) is 0 Å². The molecule has 0 unspecified atom stereocenters. The van der Waals surface area contributed by atoms with Crippen LogP contribution in [0.15, 0.2) is 4.79 Å². The summed E-state index contributed by atoms with van der Waals surface area (Å²) >= 11 is 0. The summed E-state index contributed by atoms with van der Waals surface area (Å²) in [6.45, 7) is 3.38. The maximum atomic E-state index is 12.2. The van der Waals surface area contributed by atoms with E-state index in [9.17, 15) is 4.79 Å². The molecule has 1 N–H and O–H groups in total. The molecule has 4 heteroatoms. The van der Waals surface area contributed by atoms with Crippen molar-refractivity contribution in [1.82, 2.24) is 14.9 Å². The SMILES string of the molecule is Cc1nc2c(c(=O)n1C1CCC1)CNC2. The third kappa shape index (κ3) is 1.24. The molecule has 1 saturated carbocycles. The number of rotatable bonds is 1. The summed E-state index contributed by atoms with van der Waals surface area (Å²) in [5.74, 6) is 0.882. The standard InChI is InChI=1S/C11H15N3O/c1-7-13-10-6-12-5-9(10)11(15)14(7)8-3-2-4-8/h8,12H,2-6H2,1H3. The lowest BCUT2D eigenvalue weighted by Gasteiger charge is -2.29. The van der Waals surface area contributed by atoms with Crippen LogP contribution in [0.4, 0.5) is 0 Å². The van der Waals surface area contributed by atoms with E-state index < -0.39 is 0 Å². The van der Waals surface area contributed by atoms with Crippen molar-refractivity contribution in [2.75, 3.05) is 0 Å². The van der Waals surface area contributed by atoms with Crippen LogP contribution in [0.2, 0.25) is 0 Å². The molecule has 1 aromatic heterocycles. The number of hydrogen-bond donors (Lipinski definition) is 1. The zero-order chi connectivity index (χ0) is 10.4. The van der Waals surface area contributed by atoms with Crippen molar-refractivity contribution in [3.05, 3.63) is 27.4 Å². The maximum absolute atomic E-state index is 12.2. The van der Waals surface area contributed by atoms with E-state index in [0.29, 0.717) is 12.6 Å². The van der Waals surface area contributed by atoms with Gasteiger partial charge in [-0.3, -0.25) is 9.36 Å². The van der Waals surface area contributed by atoms with Crippen molar-refractivity contribution < 1.29 is 0 Å². The van der Waals surface area contributed by atoms with E-state index in [-0.39, 0.29) is 5.56 Å². The van der Waals surface area contributed by atoms with Gasteiger partial charge in [0.05, 0.1) is 11.3 Å². The summed E-state index contributed by atoms with van der Waals surface area (Å²) in [4.78, 5) is 16.7. The number of nitrogens with zero attached hydrogens (tertiary/aromatic N) is 2. The van der Waals surface area contributed by atoms with Gasteiger partial charge in [-0.2, -0.15) is 0 Å². The van der Waals surface area contributed by atoms with Crippen molar-refractivity contribution in [3.8, 4) is 0 Å². The van der Waals surface area contributed by atoms with Crippen LogP contribution >= 0.6 is 0 Å². The largest absolute Gasteiger partial charge is 0.307 e. The minimum atomic E-state index is 0.187. The monoisotopic (exact) mass is 205 g/mol. The second kappa shape index (κ2) is 3.17.